The van der Waals surface area contributed by atoms with Crippen LogP contribution in [0.1, 0.15) is 36.9 Å². The van der Waals surface area contributed by atoms with Gasteiger partial charge in [-0.3, -0.25) is 0 Å². The van der Waals surface area contributed by atoms with Gasteiger partial charge in [-0.15, -0.1) is 0 Å². The van der Waals surface area contributed by atoms with Crippen molar-refractivity contribution in [3.8, 4) is 5.75 Å². The Morgan fingerprint density at radius 2 is 2.24 bits per heavy atom. The lowest BCUT2D eigenvalue weighted by Crippen LogP contribution is -2.24. The smallest absolute Gasteiger partial charge is 0.261 e. The van der Waals surface area contributed by atoms with E-state index >= 15 is 0 Å². The van der Waals surface area contributed by atoms with Gasteiger partial charge in [0.05, 0.1) is 6.61 Å². The van der Waals surface area contributed by atoms with Crippen LogP contribution < -0.4 is 10.1 Å². The molecule has 1 aliphatic rings. The topological polar surface area (TPSA) is 30.5 Å². The van der Waals surface area contributed by atoms with Crippen LogP contribution in [0.15, 0.2) is 18.2 Å². The molecule has 1 atom stereocenters. The van der Waals surface area contributed by atoms with Crippen molar-refractivity contribution in [1.29, 1.82) is 0 Å². The molecular weight excluding hydrogens is 276 g/mol. The SMILES string of the molecule is CCCNC(CCOCC(F)F)c1cccc2c1OCC2. The summed E-state index contributed by atoms with van der Waals surface area (Å²) in [6, 6.07) is 6.24. The Balaban J connectivity index is 2.00. The second kappa shape index (κ2) is 8.29. The average molecular weight is 299 g/mol. The van der Waals surface area contributed by atoms with Gasteiger partial charge < -0.3 is 14.8 Å². The molecule has 1 unspecified atom stereocenters. The van der Waals surface area contributed by atoms with E-state index in [0.29, 0.717) is 19.6 Å². The third-order valence-electron chi connectivity index (χ3n) is 3.56. The van der Waals surface area contributed by atoms with Crippen LogP contribution >= 0.6 is 0 Å². The van der Waals surface area contributed by atoms with E-state index in [-0.39, 0.29) is 6.04 Å². The molecule has 3 nitrogen and oxygen atoms in total. The van der Waals surface area contributed by atoms with Crippen LogP contribution in [0.3, 0.4) is 0 Å². The predicted molar refractivity (Wildman–Crippen MR) is 78.1 cm³/mol. The molecule has 1 N–H and O–H groups in total. The van der Waals surface area contributed by atoms with E-state index in [1.165, 1.54) is 5.56 Å². The summed E-state index contributed by atoms with van der Waals surface area (Å²) in [6.07, 6.45) is 0.207. The molecule has 0 aliphatic carbocycles. The highest BCUT2D eigenvalue weighted by Crippen LogP contribution is 2.34. The first-order valence-electron chi connectivity index (χ1n) is 7.56. The zero-order valence-electron chi connectivity index (χ0n) is 12.4. The zero-order valence-corrected chi connectivity index (χ0v) is 12.4. The van der Waals surface area contributed by atoms with Crippen molar-refractivity contribution in [2.45, 2.75) is 38.7 Å². The maximum atomic E-state index is 12.1. The van der Waals surface area contributed by atoms with Gasteiger partial charge >= 0.3 is 0 Å². The molecule has 2 rings (SSSR count). The monoisotopic (exact) mass is 299 g/mol. The third kappa shape index (κ3) is 4.64. The summed E-state index contributed by atoms with van der Waals surface area (Å²) in [6.45, 7) is 3.51. The molecule has 21 heavy (non-hydrogen) atoms. The van der Waals surface area contributed by atoms with E-state index in [1.54, 1.807) is 0 Å². The highest BCUT2D eigenvalue weighted by Gasteiger charge is 2.21. The summed E-state index contributed by atoms with van der Waals surface area (Å²) in [4.78, 5) is 0. The van der Waals surface area contributed by atoms with Gasteiger partial charge in [0.1, 0.15) is 12.4 Å². The van der Waals surface area contributed by atoms with E-state index in [4.69, 9.17) is 9.47 Å². The first-order valence-corrected chi connectivity index (χ1v) is 7.56. The molecule has 1 heterocycles. The Labute approximate surface area is 124 Å². The lowest BCUT2D eigenvalue weighted by molar-refractivity contribution is 0.0143. The maximum absolute atomic E-state index is 12.1. The van der Waals surface area contributed by atoms with Crippen LogP contribution in [-0.2, 0) is 11.2 Å². The average Bonchev–Trinajstić information content (AvgIpc) is 2.95. The van der Waals surface area contributed by atoms with E-state index < -0.39 is 13.0 Å². The second-order valence-corrected chi connectivity index (χ2v) is 5.20. The number of benzene rings is 1. The minimum Gasteiger partial charge on any atom is -0.493 e. The van der Waals surface area contributed by atoms with Crippen molar-refractivity contribution in [1.82, 2.24) is 5.32 Å². The number of alkyl halides is 2. The van der Waals surface area contributed by atoms with Gasteiger partial charge in [0, 0.05) is 24.6 Å². The molecule has 0 saturated heterocycles. The number of fused-ring (bicyclic) bond motifs is 1. The maximum Gasteiger partial charge on any atom is 0.261 e. The fraction of sp³-hybridized carbons (Fsp3) is 0.625. The van der Waals surface area contributed by atoms with Crippen LogP contribution in [0.4, 0.5) is 8.78 Å². The molecule has 5 heteroatoms. The van der Waals surface area contributed by atoms with Gasteiger partial charge in [-0.2, -0.15) is 0 Å². The van der Waals surface area contributed by atoms with E-state index in [2.05, 4.69) is 18.3 Å². The molecule has 0 saturated carbocycles. The number of hydrogen-bond donors (Lipinski definition) is 1. The highest BCUT2D eigenvalue weighted by atomic mass is 19.3. The minimum atomic E-state index is -2.41. The summed E-state index contributed by atoms with van der Waals surface area (Å²) in [5.74, 6) is 0.958. The molecule has 0 radical (unpaired) electrons. The normalized spacial score (nSPS) is 15.0. The van der Waals surface area contributed by atoms with E-state index in [9.17, 15) is 8.78 Å². The first kappa shape index (κ1) is 16.2. The molecule has 118 valence electrons. The number of halogens is 2. The quantitative estimate of drug-likeness (QED) is 0.709. The fourth-order valence-electron chi connectivity index (χ4n) is 2.57. The number of ether oxygens (including phenoxy) is 2. The van der Waals surface area contributed by atoms with Gasteiger partial charge in [-0.25, -0.2) is 8.78 Å². The molecule has 0 spiro atoms. The third-order valence-corrected chi connectivity index (χ3v) is 3.56. The summed E-state index contributed by atoms with van der Waals surface area (Å²) >= 11 is 0. The van der Waals surface area contributed by atoms with Crippen molar-refractivity contribution in [3.05, 3.63) is 29.3 Å². The van der Waals surface area contributed by atoms with Gasteiger partial charge in [0.25, 0.3) is 6.43 Å². The highest BCUT2D eigenvalue weighted by molar-refractivity contribution is 5.45. The van der Waals surface area contributed by atoms with Crippen molar-refractivity contribution in [2.75, 3.05) is 26.4 Å². The summed E-state index contributed by atoms with van der Waals surface area (Å²) in [7, 11) is 0. The Morgan fingerprint density at radius 1 is 1.38 bits per heavy atom. The Hall–Kier alpha value is -1.20. The van der Waals surface area contributed by atoms with Crippen LogP contribution in [0.2, 0.25) is 0 Å². The molecule has 0 amide bonds. The zero-order chi connectivity index (χ0) is 15.1. The van der Waals surface area contributed by atoms with E-state index in [1.807, 2.05) is 12.1 Å². The lowest BCUT2D eigenvalue weighted by Gasteiger charge is -2.21. The molecule has 0 aromatic heterocycles. The Bertz CT molecular complexity index is 440. The number of para-hydroxylation sites is 1. The fourth-order valence-corrected chi connectivity index (χ4v) is 2.57. The first-order chi connectivity index (χ1) is 10.2. The van der Waals surface area contributed by atoms with E-state index in [0.717, 1.165) is 30.7 Å². The largest absolute Gasteiger partial charge is 0.493 e. The van der Waals surface area contributed by atoms with Crippen LogP contribution in [0, 0.1) is 0 Å². The minimum absolute atomic E-state index is 0.0793. The lowest BCUT2D eigenvalue weighted by atomic mass is 9.99. The van der Waals surface area contributed by atoms with Gasteiger partial charge in [0.2, 0.25) is 0 Å². The molecule has 1 aromatic rings. The van der Waals surface area contributed by atoms with Crippen molar-refractivity contribution in [2.24, 2.45) is 0 Å². The van der Waals surface area contributed by atoms with Gasteiger partial charge in [0.15, 0.2) is 0 Å². The van der Waals surface area contributed by atoms with Gasteiger partial charge in [-0.05, 0) is 24.9 Å². The summed E-state index contributed by atoms with van der Waals surface area (Å²) < 4.78 is 35.0. The molecular formula is C16H23F2NO2. The van der Waals surface area contributed by atoms with Crippen LogP contribution in [-0.4, -0.2) is 32.8 Å². The summed E-state index contributed by atoms with van der Waals surface area (Å²) in [5.41, 5.74) is 2.34. The van der Waals surface area contributed by atoms with Crippen molar-refractivity contribution < 1.29 is 18.3 Å². The number of hydrogen-bond acceptors (Lipinski definition) is 3. The second-order valence-electron chi connectivity index (χ2n) is 5.20. The Morgan fingerprint density at radius 3 is 3.00 bits per heavy atom. The van der Waals surface area contributed by atoms with Crippen molar-refractivity contribution in [3.63, 3.8) is 0 Å². The Kier molecular flexibility index (Phi) is 6.39. The molecule has 1 aromatic carbocycles. The number of nitrogens with one attached hydrogen (secondary N) is 1. The standard InChI is InChI=1S/C16H23F2NO2/c1-2-8-19-14(7-9-20-11-15(17)18)13-5-3-4-12-6-10-21-16(12)13/h3-5,14-15,19H,2,6-11H2,1H3. The molecule has 0 bridgehead atoms. The van der Waals surface area contributed by atoms with Gasteiger partial charge in [-0.1, -0.05) is 25.1 Å². The predicted octanol–water partition coefficient (Wildman–Crippen LogP) is 3.33. The van der Waals surface area contributed by atoms with Crippen molar-refractivity contribution >= 4 is 0 Å². The van der Waals surface area contributed by atoms with Crippen LogP contribution in [0.5, 0.6) is 5.75 Å². The molecule has 1 aliphatic heterocycles. The summed E-state index contributed by atoms with van der Waals surface area (Å²) in [5, 5.41) is 3.46. The van der Waals surface area contributed by atoms with Crippen LogP contribution in [0.25, 0.3) is 0 Å². The number of rotatable bonds is 9. The molecule has 0 fully saturated rings.